The van der Waals surface area contributed by atoms with E-state index < -0.39 is 0 Å². The molecule has 15 heavy (non-hydrogen) atoms. The fourth-order valence-electron chi connectivity index (χ4n) is 1.71. The highest BCUT2D eigenvalue weighted by molar-refractivity contribution is 5.38. The summed E-state index contributed by atoms with van der Waals surface area (Å²) < 4.78 is 5.04. The van der Waals surface area contributed by atoms with Crippen molar-refractivity contribution in [3.8, 4) is 5.88 Å². The van der Waals surface area contributed by atoms with Gasteiger partial charge in [-0.25, -0.2) is 9.97 Å². The van der Waals surface area contributed by atoms with Crippen molar-refractivity contribution >= 4 is 5.82 Å². The first-order valence-electron chi connectivity index (χ1n) is 5.22. The van der Waals surface area contributed by atoms with Gasteiger partial charge in [0.2, 0.25) is 5.88 Å². The summed E-state index contributed by atoms with van der Waals surface area (Å²) in [7, 11) is 1.61. The van der Waals surface area contributed by atoms with Crippen LogP contribution in [0.3, 0.4) is 0 Å². The van der Waals surface area contributed by atoms with Crippen molar-refractivity contribution in [2.24, 2.45) is 0 Å². The molecule has 1 saturated heterocycles. The minimum absolute atomic E-state index is 0.457. The van der Waals surface area contributed by atoms with E-state index in [4.69, 9.17) is 4.74 Å². The van der Waals surface area contributed by atoms with Crippen molar-refractivity contribution in [3.63, 3.8) is 0 Å². The molecule has 2 heterocycles. The Kier molecular flexibility index (Phi) is 3.34. The van der Waals surface area contributed by atoms with Crippen LogP contribution in [0, 0.1) is 0 Å². The summed E-state index contributed by atoms with van der Waals surface area (Å²) in [6, 6.07) is 2.27. The van der Waals surface area contributed by atoms with Crippen LogP contribution in [0.1, 0.15) is 12.8 Å². The van der Waals surface area contributed by atoms with Crippen LogP contribution in [0.2, 0.25) is 0 Å². The third-order valence-electron chi connectivity index (χ3n) is 2.50. The number of ether oxygens (including phenoxy) is 1. The summed E-state index contributed by atoms with van der Waals surface area (Å²) in [6.07, 6.45) is 3.90. The van der Waals surface area contributed by atoms with Crippen LogP contribution < -0.4 is 15.4 Å². The lowest BCUT2D eigenvalue weighted by Gasteiger charge is -2.24. The molecule has 82 valence electrons. The highest BCUT2D eigenvalue weighted by Gasteiger charge is 2.12. The van der Waals surface area contributed by atoms with E-state index in [0.29, 0.717) is 11.9 Å². The molecular formula is C10H16N4O. The van der Waals surface area contributed by atoms with Gasteiger partial charge in [0.05, 0.1) is 7.11 Å². The minimum atomic E-state index is 0.457. The number of nitrogens with one attached hydrogen (secondary N) is 2. The zero-order chi connectivity index (χ0) is 10.5. The second-order valence-electron chi connectivity index (χ2n) is 3.63. The number of hydrogen-bond acceptors (Lipinski definition) is 5. The number of nitrogens with zero attached hydrogens (tertiary/aromatic N) is 2. The number of methoxy groups -OCH3 is 1. The molecule has 2 N–H and O–H groups in total. The Bertz CT molecular complexity index is 312. The van der Waals surface area contributed by atoms with Crippen molar-refractivity contribution in [1.82, 2.24) is 15.3 Å². The zero-order valence-corrected chi connectivity index (χ0v) is 8.86. The molecule has 1 aliphatic rings. The van der Waals surface area contributed by atoms with E-state index in [1.165, 1.54) is 19.2 Å². The molecule has 1 atom stereocenters. The molecule has 5 heteroatoms. The Labute approximate surface area is 89.3 Å². The van der Waals surface area contributed by atoms with Gasteiger partial charge in [-0.1, -0.05) is 0 Å². The molecule has 0 saturated carbocycles. The highest BCUT2D eigenvalue weighted by atomic mass is 16.5. The van der Waals surface area contributed by atoms with E-state index in [-0.39, 0.29) is 0 Å². The molecule has 0 radical (unpaired) electrons. The van der Waals surface area contributed by atoms with Crippen LogP contribution in [0.15, 0.2) is 12.4 Å². The standard InChI is InChI=1S/C10H16N4O/c1-15-10-5-9(12-7-13-10)14-8-3-2-4-11-6-8/h5,7-8,11H,2-4,6H2,1H3,(H,12,13,14). The Morgan fingerprint density at radius 1 is 1.53 bits per heavy atom. The van der Waals surface area contributed by atoms with Gasteiger partial charge in [-0.05, 0) is 19.4 Å². The number of rotatable bonds is 3. The maximum atomic E-state index is 5.04. The fraction of sp³-hybridized carbons (Fsp3) is 0.600. The smallest absolute Gasteiger partial charge is 0.218 e. The second-order valence-corrected chi connectivity index (χ2v) is 3.63. The fourth-order valence-corrected chi connectivity index (χ4v) is 1.71. The lowest BCUT2D eigenvalue weighted by atomic mass is 10.1. The molecule has 1 aliphatic heterocycles. The lowest BCUT2D eigenvalue weighted by molar-refractivity contribution is 0.397. The van der Waals surface area contributed by atoms with Gasteiger partial charge in [-0.2, -0.15) is 0 Å². The van der Waals surface area contributed by atoms with E-state index in [2.05, 4.69) is 20.6 Å². The predicted octanol–water partition coefficient (Wildman–Crippen LogP) is 0.649. The van der Waals surface area contributed by atoms with Gasteiger partial charge in [0.1, 0.15) is 12.1 Å². The molecule has 2 rings (SSSR count). The summed E-state index contributed by atoms with van der Waals surface area (Å²) in [5.41, 5.74) is 0. The molecule has 0 amide bonds. The normalized spacial score (nSPS) is 21.0. The molecule has 1 fully saturated rings. The van der Waals surface area contributed by atoms with E-state index in [1.807, 2.05) is 6.07 Å². The third-order valence-corrected chi connectivity index (χ3v) is 2.50. The third kappa shape index (κ3) is 2.79. The van der Waals surface area contributed by atoms with Crippen LogP contribution in [-0.2, 0) is 0 Å². The minimum Gasteiger partial charge on any atom is -0.481 e. The number of anilines is 1. The first kappa shape index (κ1) is 10.2. The lowest BCUT2D eigenvalue weighted by Crippen LogP contribution is -2.38. The van der Waals surface area contributed by atoms with Crippen LogP contribution in [-0.4, -0.2) is 36.2 Å². The highest BCUT2D eigenvalue weighted by Crippen LogP contribution is 2.13. The summed E-state index contributed by atoms with van der Waals surface area (Å²) in [6.45, 7) is 2.11. The summed E-state index contributed by atoms with van der Waals surface area (Å²) >= 11 is 0. The largest absolute Gasteiger partial charge is 0.481 e. The Morgan fingerprint density at radius 3 is 3.20 bits per heavy atom. The zero-order valence-electron chi connectivity index (χ0n) is 8.86. The van der Waals surface area contributed by atoms with Gasteiger partial charge in [-0.15, -0.1) is 0 Å². The maximum absolute atomic E-state index is 5.04. The molecule has 0 spiro atoms. The van der Waals surface area contributed by atoms with Crippen LogP contribution in [0.4, 0.5) is 5.82 Å². The van der Waals surface area contributed by atoms with Gasteiger partial charge in [-0.3, -0.25) is 0 Å². The quantitative estimate of drug-likeness (QED) is 0.763. The molecular weight excluding hydrogens is 192 g/mol. The van der Waals surface area contributed by atoms with Gasteiger partial charge >= 0.3 is 0 Å². The average molecular weight is 208 g/mol. The Balaban J connectivity index is 1.96. The van der Waals surface area contributed by atoms with E-state index >= 15 is 0 Å². The van der Waals surface area contributed by atoms with Crippen LogP contribution >= 0.6 is 0 Å². The van der Waals surface area contributed by atoms with Crippen LogP contribution in [0.25, 0.3) is 0 Å². The topological polar surface area (TPSA) is 59.1 Å². The molecule has 1 unspecified atom stereocenters. The molecule has 1 aromatic heterocycles. The Morgan fingerprint density at radius 2 is 2.47 bits per heavy atom. The molecule has 0 bridgehead atoms. The average Bonchev–Trinajstić information content (AvgIpc) is 2.31. The molecule has 5 nitrogen and oxygen atoms in total. The molecule has 0 aliphatic carbocycles. The van der Waals surface area contributed by atoms with E-state index in [0.717, 1.165) is 18.9 Å². The van der Waals surface area contributed by atoms with Crippen molar-refractivity contribution < 1.29 is 4.74 Å². The SMILES string of the molecule is COc1cc(NC2CCCNC2)ncn1. The number of hydrogen-bond donors (Lipinski definition) is 2. The summed E-state index contributed by atoms with van der Waals surface area (Å²) in [5, 5.41) is 6.71. The maximum Gasteiger partial charge on any atom is 0.218 e. The van der Waals surface area contributed by atoms with E-state index in [9.17, 15) is 0 Å². The first-order chi connectivity index (χ1) is 7.38. The van der Waals surface area contributed by atoms with Crippen molar-refractivity contribution in [1.29, 1.82) is 0 Å². The van der Waals surface area contributed by atoms with Gasteiger partial charge in [0.25, 0.3) is 0 Å². The monoisotopic (exact) mass is 208 g/mol. The Hall–Kier alpha value is -1.36. The molecule has 0 aromatic carbocycles. The van der Waals surface area contributed by atoms with E-state index in [1.54, 1.807) is 7.11 Å². The van der Waals surface area contributed by atoms with Crippen molar-refractivity contribution in [3.05, 3.63) is 12.4 Å². The van der Waals surface area contributed by atoms with Gasteiger partial charge < -0.3 is 15.4 Å². The van der Waals surface area contributed by atoms with Gasteiger partial charge in [0, 0.05) is 18.7 Å². The van der Waals surface area contributed by atoms with Crippen molar-refractivity contribution in [2.45, 2.75) is 18.9 Å². The number of aromatic nitrogens is 2. The second kappa shape index (κ2) is 4.93. The van der Waals surface area contributed by atoms with Crippen LogP contribution in [0.5, 0.6) is 5.88 Å². The van der Waals surface area contributed by atoms with Crippen molar-refractivity contribution in [2.75, 3.05) is 25.5 Å². The summed E-state index contributed by atoms with van der Waals surface area (Å²) in [5.74, 6) is 1.42. The first-order valence-corrected chi connectivity index (χ1v) is 5.22. The molecule has 1 aromatic rings. The summed E-state index contributed by atoms with van der Waals surface area (Å²) in [4.78, 5) is 8.11. The number of piperidine rings is 1. The van der Waals surface area contributed by atoms with Gasteiger partial charge in [0.15, 0.2) is 0 Å². The predicted molar refractivity (Wildman–Crippen MR) is 58.1 cm³/mol.